The average Bonchev–Trinajstić information content (AvgIpc) is 2.80. The maximum absolute atomic E-state index is 13.2. The normalized spacial score (nSPS) is 18.6. The Morgan fingerprint density at radius 3 is 2.18 bits per heavy atom. The van der Waals surface area contributed by atoms with Gasteiger partial charge in [-0.1, -0.05) is 12.1 Å². The molecule has 0 unspecified atom stereocenters. The largest absolute Gasteiger partial charge is 0.493 e. The van der Waals surface area contributed by atoms with E-state index in [1.54, 1.807) is 17.0 Å². The molecule has 2 atom stereocenters. The van der Waals surface area contributed by atoms with Crippen LogP contribution < -0.4 is 14.2 Å². The molecule has 0 radical (unpaired) electrons. The summed E-state index contributed by atoms with van der Waals surface area (Å²) in [5.74, 6) is -1.07. The number of hydrogen-bond donors (Lipinski definition) is 1. The van der Waals surface area contributed by atoms with E-state index in [9.17, 15) is 19.1 Å². The van der Waals surface area contributed by atoms with Crippen LogP contribution in [0.25, 0.3) is 0 Å². The smallest absolute Gasteiger partial charge is 0.335 e. The third-order valence-corrected chi connectivity index (χ3v) is 5.78. The van der Waals surface area contributed by atoms with Crippen molar-refractivity contribution in [3.05, 3.63) is 53.3 Å². The van der Waals surface area contributed by atoms with E-state index < -0.39 is 5.97 Å². The first-order chi connectivity index (χ1) is 15.7. The van der Waals surface area contributed by atoms with Gasteiger partial charge < -0.3 is 24.2 Å². The fourth-order valence-corrected chi connectivity index (χ4v) is 3.95. The number of benzene rings is 2. The van der Waals surface area contributed by atoms with Crippen molar-refractivity contribution in [3.63, 3.8) is 0 Å². The lowest BCUT2D eigenvalue weighted by atomic mass is 10.1. The highest BCUT2D eigenvalue weighted by molar-refractivity contribution is 5.89. The average molecular weight is 461 g/mol. The lowest BCUT2D eigenvalue weighted by Gasteiger charge is -2.44. The van der Waals surface area contributed by atoms with E-state index in [0.717, 1.165) is 5.56 Å². The Bertz CT molecular complexity index is 972. The molecule has 178 valence electrons. The van der Waals surface area contributed by atoms with Crippen molar-refractivity contribution in [2.45, 2.75) is 32.5 Å². The Kier molecular flexibility index (Phi) is 7.75. The number of piperazine rings is 1. The summed E-state index contributed by atoms with van der Waals surface area (Å²) in [6.07, 6.45) is 0. The molecule has 0 aromatic heterocycles. The van der Waals surface area contributed by atoms with Gasteiger partial charge in [-0.15, -0.1) is 0 Å². The van der Waals surface area contributed by atoms with E-state index in [1.165, 1.54) is 38.5 Å². The molecular formula is C24H29FN2O6. The Labute approximate surface area is 192 Å². The van der Waals surface area contributed by atoms with Crippen LogP contribution in [0.2, 0.25) is 0 Å². The van der Waals surface area contributed by atoms with Gasteiger partial charge in [-0.2, -0.15) is 0 Å². The topological polar surface area (TPSA) is 88.5 Å². The van der Waals surface area contributed by atoms with Gasteiger partial charge in [0.2, 0.25) is 5.75 Å². The van der Waals surface area contributed by atoms with E-state index in [1.807, 2.05) is 13.8 Å². The molecule has 2 aromatic rings. The van der Waals surface area contributed by atoms with Crippen LogP contribution in [0.1, 0.15) is 29.8 Å². The predicted octanol–water partition coefficient (Wildman–Crippen LogP) is 3.04. The fourth-order valence-electron chi connectivity index (χ4n) is 3.95. The third-order valence-electron chi connectivity index (χ3n) is 5.78. The first-order valence-electron chi connectivity index (χ1n) is 10.6. The molecule has 1 N–H and O–H groups in total. The quantitative estimate of drug-likeness (QED) is 0.648. The van der Waals surface area contributed by atoms with Gasteiger partial charge >= 0.3 is 5.97 Å². The van der Waals surface area contributed by atoms with Crippen molar-refractivity contribution in [1.29, 1.82) is 0 Å². The fraction of sp³-hybridized carbons (Fsp3) is 0.417. The number of hydrogen-bond acceptors (Lipinski definition) is 6. The highest BCUT2D eigenvalue weighted by atomic mass is 19.1. The van der Waals surface area contributed by atoms with E-state index in [4.69, 9.17) is 14.2 Å². The lowest BCUT2D eigenvalue weighted by molar-refractivity contribution is -0.139. The minimum Gasteiger partial charge on any atom is -0.493 e. The lowest BCUT2D eigenvalue weighted by Crippen LogP contribution is -2.58. The Balaban J connectivity index is 1.65. The zero-order valence-electron chi connectivity index (χ0n) is 19.2. The first-order valence-corrected chi connectivity index (χ1v) is 10.6. The van der Waals surface area contributed by atoms with Crippen molar-refractivity contribution in [1.82, 2.24) is 9.80 Å². The molecule has 0 bridgehead atoms. The number of aromatic carboxylic acids is 1. The molecule has 1 amide bonds. The van der Waals surface area contributed by atoms with Gasteiger partial charge in [0.1, 0.15) is 5.82 Å². The SMILES string of the molecule is COc1cc(C(=O)O)cc(OC)c1OCC(=O)N1C[C@@H](C)N(Cc2ccc(F)cc2)C[C@@H]1C. The number of halogens is 1. The van der Waals surface area contributed by atoms with E-state index >= 15 is 0 Å². The first kappa shape index (κ1) is 24.3. The van der Waals surface area contributed by atoms with E-state index in [-0.39, 0.29) is 53.2 Å². The zero-order chi connectivity index (χ0) is 24.1. The maximum Gasteiger partial charge on any atom is 0.335 e. The monoisotopic (exact) mass is 460 g/mol. The van der Waals surface area contributed by atoms with Gasteiger partial charge in [0.25, 0.3) is 5.91 Å². The molecular weight excluding hydrogens is 431 g/mol. The van der Waals surface area contributed by atoms with Crippen molar-refractivity contribution in [2.75, 3.05) is 33.9 Å². The summed E-state index contributed by atoms with van der Waals surface area (Å²) in [7, 11) is 2.78. The molecule has 8 nitrogen and oxygen atoms in total. The van der Waals surface area contributed by atoms with Crippen molar-refractivity contribution in [2.24, 2.45) is 0 Å². The molecule has 0 aliphatic carbocycles. The molecule has 1 fully saturated rings. The summed E-state index contributed by atoms with van der Waals surface area (Å²) >= 11 is 0. The molecule has 0 spiro atoms. The molecule has 0 saturated carbocycles. The highest BCUT2D eigenvalue weighted by Crippen LogP contribution is 2.38. The van der Waals surface area contributed by atoms with Gasteiger partial charge in [-0.3, -0.25) is 9.69 Å². The second-order valence-electron chi connectivity index (χ2n) is 8.10. The van der Waals surface area contributed by atoms with Gasteiger partial charge in [-0.05, 0) is 43.7 Å². The van der Waals surface area contributed by atoms with Crippen molar-refractivity contribution in [3.8, 4) is 17.2 Å². The van der Waals surface area contributed by atoms with Crippen LogP contribution in [0.15, 0.2) is 36.4 Å². The summed E-state index contributed by atoms with van der Waals surface area (Å²) in [6.45, 7) is 5.65. The van der Waals surface area contributed by atoms with Crippen LogP contribution in [0.3, 0.4) is 0 Å². The number of carboxylic acid groups (broad SMARTS) is 1. The molecule has 3 rings (SSSR count). The van der Waals surface area contributed by atoms with Crippen molar-refractivity contribution < 1.29 is 33.3 Å². The number of nitrogens with zero attached hydrogens (tertiary/aromatic N) is 2. The minimum absolute atomic E-state index is 0.0119. The summed E-state index contributed by atoms with van der Waals surface area (Å²) in [5, 5.41) is 9.25. The number of amides is 1. The van der Waals surface area contributed by atoms with Gasteiger partial charge in [-0.25, -0.2) is 9.18 Å². The molecule has 1 saturated heterocycles. The van der Waals surface area contributed by atoms with Crippen LogP contribution >= 0.6 is 0 Å². The van der Waals surface area contributed by atoms with E-state index in [2.05, 4.69) is 4.90 Å². The molecule has 9 heteroatoms. The summed E-state index contributed by atoms with van der Waals surface area (Å²) in [5.41, 5.74) is 1.00. The summed E-state index contributed by atoms with van der Waals surface area (Å²) < 4.78 is 29.4. The Hall–Kier alpha value is -3.33. The van der Waals surface area contributed by atoms with Crippen LogP contribution in [0.4, 0.5) is 4.39 Å². The number of rotatable bonds is 8. The van der Waals surface area contributed by atoms with Gasteiger partial charge in [0.05, 0.1) is 19.8 Å². The minimum atomic E-state index is -1.13. The molecule has 2 aromatic carbocycles. The van der Waals surface area contributed by atoms with Gasteiger partial charge in [0.15, 0.2) is 18.1 Å². The third kappa shape index (κ3) is 5.73. The number of carboxylic acids is 1. The Morgan fingerprint density at radius 1 is 1.03 bits per heavy atom. The molecule has 33 heavy (non-hydrogen) atoms. The van der Waals surface area contributed by atoms with E-state index in [0.29, 0.717) is 19.6 Å². The van der Waals surface area contributed by atoms with Crippen LogP contribution in [-0.4, -0.2) is 72.8 Å². The predicted molar refractivity (Wildman–Crippen MR) is 119 cm³/mol. The summed E-state index contributed by atoms with van der Waals surface area (Å²) in [6, 6.07) is 9.15. The van der Waals surface area contributed by atoms with Gasteiger partial charge in [0, 0.05) is 31.7 Å². The molecule has 1 heterocycles. The maximum atomic E-state index is 13.2. The molecule has 1 aliphatic rings. The standard InChI is InChI=1S/C24H29FN2O6/c1-15-12-27(16(2)11-26(15)13-17-5-7-19(25)8-6-17)22(28)14-33-23-20(31-3)9-18(24(29)30)10-21(23)32-4/h5-10,15-16H,11-14H2,1-4H3,(H,29,30)/t15-,16+/m1/s1. The number of methoxy groups -OCH3 is 2. The highest BCUT2D eigenvalue weighted by Gasteiger charge is 2.32. The zero-order valence-corrected chi connectivity index (χ0v) is 19.2. The van der Waals surface area contributed by atoms with Crippen LogP contribution in [0.5, 0.6) is 17.2 Å². The summed E-state index contributed by atoms with van der Waals surface area (Å²) in [4.78, 5) is 28.3. The van der Waals surface area contributed by atoms with Crippen LogP contribution in [0, 0.1) is 5.82 Å². The van der Waals surface area contributed by atoms with Crippen molar-refractivity contribution >= 4 is 11.9 Å². The second-order valence-corrected chi connectivity index (χ2v) is 8.10. The Morgan fingerprint density at radius 2 is 1.64 bits per heavy atom. The van der Waals surface area contributed by atoms with Crippen LogP contribution in [-0.2, 0) is 11.3 Å². The second kappa shape index (κ2) is 10.5. The number of ether oxygens (including phenoxy) is 3. The number of carbonyl (C=O) groups excluding carboxylic acids is 1. The number of carbonyl (C=O) groups is 2. The molecule has 1 aliphatic heterocycles.